The highest BCUT2D eigenvalue weighted by atomic mass is 16.3. The molecule has 1 aromatic heterocycles. The lowest BCUT2D eigenvalue weighted by Crippen LogP contribution is -2.32. The average Bonchev–Trinajstić information content (AvgIpc) is 2.57. The monoisotopic (exact) mass is 348 g/mol. The molecule has 0 fully saturated rings. The number of aliphatic imine (C=N–C) groups is 1. The van der Waals surface area contributed by atoms with Crippen molar-refractivity contribution in [2.75, 3.05) is 27.2 Å². The Kier molecular flexibility index (Phi) is 7.18. The van der Waals surface area contributed by atoms with Gasteiger partial charge in [-0.05, 0) is 59.2 Å². The van der Waals surface area contributed by atoms with Crippen molar-refractivity contribution in [3.63, 3.8) is 0 Å². The summed E-state index contributed by atoms with van der Waals surface area (Å²) in [5.74, 6) is -0.304. The lowest BCUT2D eigenvalue weighted by Gasteiger charge is -2.14. The van der Waals surface area contributed by atoms with Crippen LogP contribution in [0.15, 0.2) is 26.2 Å². The van der Waals surface area contributed by atoms with Gasteiger partial charge in [0.25, 0.3) is 5.56 Å². The zero-order chi connectivity index (χ0) is 18.2. The van der Waals surface area contributed by atoms with Crippen molar-refractivity contribution in [1.29, 1.82) is 0 Å². The summed E-state index contributed by atoms with van der Waals surface area (Å²) in [5, 5.41) is 10.3. The minimum atomic E-state index is -0.605. The van der Waals surface area contributed by atoms with Crippen molar-refractivity contribution in [2.24, 2.45) is 4.99 Å². The van der Waals surface area contributed by atoms with E-state index in [1.807, 2.05) is 14.1 Å². The number of hydrogen-bond donors (Lipinski definition) is 2. The first-order valence-electron chi connectivity index (χ1n) is 8.87. The summed E-state index contributed by atoms with van der Waals surface area (Å²) in [6, 6.07) is 0. The molecule has 0 amide bonds. The van der Waals surface area contributed by atoms with Gasteiger partial charge in [-0.2, -0.15) is 0 Å². The molecule has 7 nitrogen and oxygen atoms in total. The van der Waals surface area contributed by atoms with Crippen molar-refractivity contribution in [3.8, 4) is 5.88 Å². The van der Waals surface area contributed by atoms with Crippen LogP contribution in [0.3, 0.4) is 0 Å². The molecule has 0 saturated heterocycles. The van der Waals surface area contributed by atoms with E-state index in [2.05, 4.69) is 21.0 Å². The molecule has 138 valence electrons. The van der Waals surface area contributed by atoms with E-state index in [1.165, 1.54) is 29.2 Å². The Morgan fingerprint density at radius 3 is 2.84 bits per heavy atom. The van der Waals surface area contributed by atoms with Gasteiger partial charge in [-0.25, -0.2) is 4.79 Å². The van der Waals surface area contributed by atoms with E-state index < -0.39 is 11.2 Å². The number of aromatic amines is 1. The summed E-state index contributed by atoms with van der Waals surface area (Å²) in [4.78, 5) is 32.5. The Bertz CT molecular complexity index is 744. The summed E-state index contributed by atoms with van der Waals surface area (Å²) >= 11 is 0. The second-order valence-electron chi connectivity index (χ2n) is 6.70. The Labute approximate surface area is 147 Å². The van der Waals surface area contributed by atoms with E-state index in [9.17, 15) is 14.7 Å². The van der Waals surface area contributed by atoms with Crippen LogP contribution in [0.5, 0.6) is 5.88 Å². The summed E-state index contributed by atoms with van der Waals surface area (Å²) in [6.07, 6.45) is 9.63. The number of aromatic hydroxyl groups is 1. The fourth-order valence-electron chi connectivity index (χ4n) is 2.92. The molecular formula is C18H28N4O3. The van der Waals surface area contributed by atoms with Crippen LogP contribution >= 0.6 is 0 Å². The number of H-pyrrole nitrogens is 1. The van der Waals surface area contributed by atoms with Crippen LogP contribution in [0, 0.1) is 0 Å². The summed E-state index contributed by atoms with van der Waals surface area (Å²) in [6.45, 7) is 1.81. The number of hydrogen-bond acceptors (Lipinski definition) is 5. The molecule has 1 heterocycles. The number of nitrogens with one attached hydrogen (secondary N) is 1. The smallest absolute Gasteiger partial charge is 0.331 e. The van der Waals surface area contributed by atoms with Crippen LogP contribution in [0.2, 0.25) is 0 Å². The van der Waals surface area contributed by atoms with Gasteiger partial charge in [0.05, 0.1) is 0 Å². The first-order valence-corrected chi connectivity index (χ1v) is 8.87. The Morgan fingerprint density at radius 2 is 2.16 bits per heavy atom. The van der Waals surface area contributed by atoms with Crippen LogP contribution in [-0.2, 0) is 6.54 Å². The van der Waals surface area contributed by atoms with Crippen LogP contribution in [0.4, 0.5) is 0 Å². The van der Waals surface area contributed by atoms with Crippen molar-refractivity contribution >= 4 is 6.21 Å². The van der Waals surface area contributed by atoms with Crippen LogP contribution in [-0.4, -0.2) is 53.0 Å². The van der Waals surface area contributed by atoms with Crippen LogP contribution in [0.1, 0.15) is 44.1 Å². The van der Waals surface area contributed by atoms with Gasteiger partial charge >= 0.3 is 5.69 Å². The molecule has 0 saturated carbocycles. The predicted octanol–water partition coefficient (Wildman–Crippen LogP) is 1.50. The lowest BCUT2D eigenvalue weighted by molar-refractivity contribution is 0.397. The third kappa shape index (κ3) is 5.70. The van der Waals surface area contributed by atoms with E-state index in [1.54, 1.807) is 0 Å². The van der Waals surface area contributed by atoms with Crippen molar-refractivity contribution in [2.45, 2.75) is 45.1 Å². The maximum absolute atomic E-state index is 12.0. The van der Waals surface area contributed by atoms with Gasteiger partial charge in [0.1, 0.15) is 5.56 Å². The van der Waals surface area contributed by atoms with Gasteiger partial charge in [-0.3, -0.25) is 19.3 Å². The molecule has 0 spiro atoms. The molecule has 0 aliphatic heterocycles. The van der Waals surface area contributed by atoms with E-state index in [0.717, 1.165) is 25.8 Å². The summed E-state index contributed by atoms with van der Waals surface area (Å²) in [5.41, 5.74) is 0.167. The zero-order valence-corrected chi connectivity index (χ0v) is 15.1. The van der Waals surface area contributed by atoms with Gasteiger partial charge in [0.2, 0.25) is 5.88 Å². The molecule has 0 radical (unpaired) electrons. The maximum atomic E-state index is 12.0. The summed E-state index contributed by atoms with van der Waals surface area (Å²) < 4.78 is 1.22. The van der Waals surface area contributed by atoms with Gasteiger partial charge in [-0.1, -0.05) is 11.6 Å². The molecule has 2 N–H and O–H groups in total. The van der Waals surface area contributed by atoms with E-state index in [-0.39, 0.29) is 11.4 Å². The maximum Gasteiger partial charge on any atom is 0.331 e. The van der Waals surface area contributed by atoms with E-state index in [4.69, 9.17) is 0 Å². The number of nitrogens with zero attached hydrogens (tertiary/aromatic N) is 3. The largest absolute Gasteiger partial charge is 0.494 e. The Hall–Kier alpha value is -2.15. The van der Waals surface area contributed by atoms with E-state index >= 15 is 0 Å². The molecule has 7 heteroatoms. The fourth-order valence-corrected chi connectivity index (χ4v) is 2.92. The molecule has 25 heavy (non-hydrogen) atoms. The normalized spacial score (nSPS) is 15.1. The highest BCUT2D eigenvalue weighted by Gasteiger charge is 2.13. The molecule has 0 unspecified atom stereocenters. The van der Waals surface area contributed by atoms with Gasteiger partial charge in [0, 0.05) is 19.3 Å². The summed E-state index contributed by atoms with van der Waals surface area (Å²) in [7, 11) is 3.97. The first kappa shape index (κ1) is 19.2. The molecule has 0 aromatic carbocycles. The van der Waals surface area contributed by atoms with Gasteiger partial charge < -0.3 is 10.0 Å². The molecule has 1 aromatic rings. The third-order valence-corrected chi connectivity index (χ3v) is 4.36. The first-order chi connectivity index (χ1) is 12.0. The quantitative estimate of drug-likeness (QED) is 0.423. The lowest BCUT2D eigenvalue weighted by atomic mass is 9.97. The van der Waals surface area contributed by atoms with Crippen molar-refractivity contribution < 1.29 is 5.11 Å². The topological polar surface area (TPSA) is 90.7 Å². The minimum absolute atomic E-state index is 0.0436. The fraction of sp³-hybridized carbons (Fsp3) is 0.611. The van der Waals surface area contributed by atoms with Gasteiger partial charge in [-0.15, -0.1) is 0 Å². The number of rotatable bonds is 8. The van der Waals surface area contributed by atoms with Crippen LogP contribution < -0.4 is 11.2 Å². The Morgan fingerprint density at radius 1 is 1.36 bits per heavy atom. The standard InChI is InChI=1S/C18H28N4O3/c1-21(2)11-6-10-19-13-15-16(23)20-18(25)22(17(15)24)12-9-14-7-4-3-5-8-14/h7,13,24H,3-6,8-12H2,1-2H3,(H,20,23,25). The SMILES string of the molecule is CN(C)CCCN=Cc1c(O)n(CCC2=CCCCC2)c(=O)[nH]c1=O. The second-order valence-corrected chi connectivity index (χ2v) is 6.70. The molecular weight excluding hydrogens is 320 g/mol. The highest BCUT2D eigenvalue weighted by molar-refractivity contribution is 5.81. The number of allylic oxidation sites excluding steroid dienone is 2. The molecule has 2 rings (SSSR count). The highest BCUT2D eigenvalue weighted by Crippen LogP contribution is 2.21. The van der Waals surface area contributed by atoms with Gasteiger partial charge in [0.15, 0.2) is 0 Å². The molecule has 1 aliphatic carbocycles. The van der Waals surface area contributed by atoms with Crippen molar-refractivity contribution in [3.05, 3.63) is 38.1 Å². The van der Waals surface area contributed by atoms with Crippen molar-refractivity contribution in [1.82, 2.24) is 14.5 Å². The average molecular weight is 348 g/mol. The molecule has 1 aliphatic rings. The Balaban J connectivity index is 2.09. The zero-order valence-electron chi connectivity index (χ0n) is 15.1. The predicted molar refractivity (Wildman–Crippen MR) is 99.8 cm³/mol. The number of aromatic nitrogens is 2. The minimum Gasteiger partial charge on any atom is -0.494 e. The van der Waals surface area contributed by atoms with E-state index in [0.29, 0.717) is 19.5 Å². The third-order valence-electron chi connectivity index (χ3n) is 4.36. The van der Waals surface area contributed by atoms with Crippen LogP contribution in [0.25, 0.3) is 0 Å². The second kappa shape index (κ2) is 9.36. The molecule has 0 atom stereocenters. The molecule has 0 bridgehead atoms.